The second-order valence-corrected chi connectivity index (χ2v) is 5.62. The van der Waals surface area contributed by atoms with E-state index >= 15 is 0 Å². The summed E-state index contributed by atoms with van der Waals surface area (Å²) in [6, 6.07) is 0. The Morgan fingerprint density at radius 3 is 1.61 bits per heavy atom. The molecule has 1 N–H and O–H groups in total. The van der Waals surface area contributed by atoms with Crippen molar-refractivity contribution in [2.75, 3.05) is 0 Å². The largest absolute Gasteiger partial charge is 0.352 e. The Morgan fingerprint density at radius 2 is 1.39 bits per heavy atom. The molecule has 106 valence electrons. The quantitative estimate of drug-likeness (QED) is 0.438. The highest BCUT2D eigenvalue weighted by Crippen LogP contribution is 2.22. The van der Waals surface area contributed by atoms with Crippen molar-refractivity contribution in [3.63, 3.8) is 0 Å². The van der Waals surface area contributed by atoms with Gasteiger partial charge in [-0.1, -0.05) is 19.3 Å². The Balaban J connectivity index is 0.000000331. The second kappa shape index (κ2) is 8.04. The molecule has 18 heavy (non-hydrogen) atoms. The van der Waals surface area contributed by atoms with Gasteiger partial charge in [-0.2, -0.15) is 8.42 Å². The van der Waals surface area contributed by atoms with Gasteiger partial charge in [0, 0.05) is 13.8 Å². The highest BCUT2D eigenvalue weighted by atomic mass is 32.2. The molecule has 1 fully saturated rings. The fraction of sp³-hybridized carbons (Fsp3) is 0.800. The van der Waals surface area contributed by atoms with Crippen molar-refractivity contribution in [2.24, 2.45) is 0 Å². The van der Waals surface area contributed by atoms with Crippen LogP contribution in [-0.2, 0) is 29.5 Å². The standard InChI is InChI=1S/C6H12O3S.C4H6O4/c7-10(8,9)6-4-2-1-3-5-6;1-3(5)7-8-4(2)6/h6H,1-5H2,(H,7,8,9);1-2H3. The summed E-state index contributed by atoms with van der Waals surface area (Å²) in [4.78, 5) is 27.3. The summed E-state index contributed by atoms with van der Waals surface area (Å²) in [5, 5.41) is -0.471. The maximum Gasteiger partial charge on any atom is 0.352 e. The van der Waals surface area contributed by atoms with Crippen LogP contribution >= 0.6 is 0 Å². The molecule has 0 unspecified atom stereocenters. The molecule has 0 atom stereocenters. The van der Waals surface area contributed by atoms with Crippen molar-refractivity contribution >= 4 is 22.1 Å². The SMILES string of the molecule is CC(=O)OOC(C)=O.O=S(=O)(O)C1CCCCC1. The average Bonchev–Trinajstić information content (AvgIpc) is 2.27. The molecule has 0 radical (unpaired) electrons. The molecule has 1 saturated carbocycles. The van der Waals surface area contributed by atoms with E-state index in [1.807, 2.05) is 0 Å². The fourth-order valence-electron chi connectivity index (χ4n) is 1.48. The van der Waals surface area contributed by atoms with Gasteiger partial charge in [0.25, 0.3) is 10.1 Å². The zero-order chi connectivity index (χ0) is 14.2. The minimum atomic E-state index is -3.73. The molecule has 1 aliphatic rings. The normalized spacial score (nSPS) is 16.2. The molecular formula is C10H18O7S. The van der Waals surface area contributed by atoms with Gasteiger partial charge in [0.15, 0.2) is 0 Å². The minimum Gasteiger partial charge on any atom is -0.285 e. The van der Waals surface area contributed by atoms with E-state index in [0.717, 1.165) is 33.1 Å². The van der Waals surface area contributed by atoms with E-state index in [-0.39, 0.29) is 0 Å². The highest BCUT2D eigenvalue weighted by molar-refractivity contribution is 7.86. The molecule has 8 heteroatoms. The lowest BCUT2D eigenvalue weighted by Gasteiger charge is -2.17. The van der Waals surface area contributed by atoms with Crippen LogP contribution < -0.4 is 0 Å². The van der Waals surface area contributed by atoms with Gasteiger partial charge in [0.05, 0.1) is 5.25 Å². The molecule has 0 spiro atoms. The lowest BCUT2D eigenvalue weighted by Crippen LogP contribution is -2.22. The second-order valence-electron chi connectivity index (χ2n) is 3.92. The zero-order valence-electron chi connectivity index (χ0n) is 10.4. The van der Waals surface area contributed by atoms with E-state index in [1.165, 1.54) is 0 Å². The smallest absolute Gasteiger partial charge is 0.285 e. The van der Waals surface area contributed by atoms with Gasteiger partial charge >= 0.3 is 11.9 Å². The first kappa shape index (κ1) is 16.9. The van der Waals surface area contributed by atoms with Crippen molar-refractivity contribution in [2.45, 2.75) is 51.2 Å². The van der Waals surface area contributed by atoms with E-state index in [9.17, 15) is 18.0 Å². The lowest BCUT2D eigenvalue weighted by molar-refractivity contribution is -0.255. The first-order valence-electron chi connectivity index (χ1n) is 5.55. The summed E-state index contributed by atoms with van der Waals surface area (Å²) in [5.41, 5.74) is 0. The molecule has 0 aromatic heterocycles. The lowest BCUT2D eigenvalue weighted by atomic mass is 10.0. The molecule has 0 aliphatic heterocycles. The van der Waals surface area contributed by atoms with Crippen LogP contribution in [-0.4, -0.2) is 30.2 Å². The Hall–Kier alpha value is -1.15. The van der Waals surface area contributed by atoms with E-state index in [1.54, 1.807) is 0 Å². The van der Waals surface area contributed by atoms with Crippen LogP contribution in [0, 0.1) is 0 Å². The zero-order valence-corrected chi connectivity index (χ0v) is 11.2. The molecular weight excluding hydrogens is 264 g/mol. The molecule has 0 saturated heterocycles. The van der Waals surface area contributed by atoms with E-state index in [4.69, 9.17) is 4.55 Å². The molecule has 0 heterocycles. The van der Waals surface area contributed by atoms with Crippen molar-refractivity contribution in [1.82, 2.24) is 0 Å². The molecule has 1 aliphatic carbocycles. The monoisotopic (exact) mass is 282 g/mol. The number of rotatable bonds is 1. The topological polar surface area (TPSA) is 107 Å². The van der Waals surface area contributed by atoms with Crippen LogP contribution in [0.1, 0.15) is 46.0 Å². The van der Waals surface area contributed by atoms with Gasteiger partial charge < -0.3 is 0 Å². The predicted molar refractivity (Wildman–Crippen MR) is 62.0 cm³/mol. The van der Waals surface area contributed by atoms with E-state index in [2.05, 4.69) is 9.78 Å². The average molecular weight is 282 g/mol. The van der Waals surface area contributed by atoms with Gasteiger partial charge in [-0.05, 0) is 12.8 Å². The summed E-state index contributed by atoms with van der Waals surface area (Å²) in [6.07, 6.45) is 4.25. The maximum absolute atomic E-state index is 10.5. The van der Waals surface area contributed by atoms with Crippen molar-refractivity contribution in [3.05, 3.63) is 0 Å². The Morgan fingerprint density at radius 1 is 1.00 bits per heavy atom. The Labute approximate surface area is 106 Å². The first-order valence-corrected chi connectivity index (χ1v) is 7.05. The Bertz CT molecular complexity index is 354. The van der Waals surface area contributed by atoms with Crippen LogP contribution in [0.3, 0.4) is 0 Å². The van der Waals surface area contributed by atoms with Crippen molar-refractivity contribution in [3.8, 4) is 0 Å². The van der Waals surface area contributed by atoms with Crippen LogP contribution in [0.2, 0.25) is 0 Å². The summed E-state index contributed by atoms with van der Waals surface area (Å²) >= 11 is 0. The van der Waals surface area contributed by atoms with E-state index in [0.29, 0.717) is 12.8 Å². The van der Waals surface area contributed by atoms with Crippen LogP contribution in [0.15, 0.2) is 0 Å². The predicted octanol–water partition coefficient (Wildman–Crippen LogP) is 1.23. The van der Waals surface area contributed by atoms with E-state index < -0.39 is 27.3 Å². The Kier molecular flexibility index (Phi) is 7.53. The van der Waals surface area contributed by atoms with Gasteiger partial charge in [0.1, 0.15) is 0 Å². The van der Waals surface area contributed by atoms with Crippen LogP contribution in [0.4, 0.5) is 0 Å². The molecule has 0 amide bonds. The van der Waals surface area contributed by atoms with Gasteiger partial charge in [0.2, 0.25) is 0 Å². The van der Waals surface area contributed by atoms with Crippen molar-refractivity contribution < 1.29 is 32.3 Å². The summed E-state index contributed by atoms with van der Waals surface area (Å²) in [6.45, 7) is 2.28. The third-order valence-electron chi connectivity index (χ3n) is 2.25. The molecule has 7 nitrogen and oxygen atoms in total. The number of carbonyl (C=O) groups excluding carboxylic acids is 2. The molecule has 0 aromatic carbocycles. The van der Waals surface area contributed by atoms with Gasteiger partial charge in [-0.3, -0.25) is 4.55 Å². The fourth-order valence-corrected chi connectivity index (χ4v) is 2.41. The molecule has 1 rings (SSSR count). The van der Waals surface area contributed by atoms with Gasteiger partial charge in [-0.15, -0.1) is 0 Å². The number of carbonyl (C=O) groups is 2. The first-order chi connectivity index (χ1) is 8.23. The maximum atomic E-state index is 10.5. The minimum absolute atomic E-state index is 0.471. The molecule has 0 bridgehead atoms. The summed E-state index contributed by atoms with van der Waals surface area (Å²) in [7, 11) is -3.73. The van der Waals surface area contributed by atoms with Gasteiger partial charge in [-0.25, -0.2) is 19.4 Å². The third kappa shape index (κ3) is 8.94. The highest BCUT2D eigenvalue weighted by Gasteiger charge is 2.24. The summed E-state index contributed by atoms with van der Waals surface area (Å²) < 4.78 is 29.7. The van der Waals surface area contributed by atoms with Crippen LogP contribution in [0.5, 0.6) is 0 Å². The summed E-state index contributed by atoms with van der Waals surface area (Å²) in [5.74, 6) is -1.28. The van der Waals surface area contributed by atoms with Crippen molar-refractivity contribution in [1.29, 1.82) is 0 Å². The molecule has 0 aromatic rings. The van der Waals surface area contributed by atoms with Crippen LogP contribution in [0.25, 0.3) is 0 Å². The number of hydrogen-bond donors (Lipinski definition) is 1. The number of hydrogen-bond acceptors (Lipinski definition) is 6. The third-order valence-corrected chi connectivity index (χ3v) is 3.56.